The number of nitrogens with one attached hydrogen (secondary N) is 1. The van der Waals surface area contributed by atoms with Gasteiger partial charge in [-0.25, -0.2) is 0 Å². The molecule has 0 aliphatic rings. The van der Waals surface area contributed by atoms with Crippen LogP contribution in [-0.2, 0) is 16.2 Å². The highest BCUT2D eigenvalue weighted by molar-refractivity contribution is 6.11. The first-order valence-electron chi connectivity index (χ1n) is 10.8. The molecule has 0 unspecified atom stereocenters. The number of hydrogen-bond acceptors (Lipinski definition) is 5. The van der Waals surface area contributed by atoms with Crippen molar-refractivity contribution in [3.63, 3.8) is 0 Å². The Hall–Kier alpha value is -4.45. The van der Waals surface area contributed by atoms with Gasteiger partial charge in [0.15, 0.2) is 11.6 Å². The van der Waals surface area contributed by atoms with Gasteiger partial charge >= 0.3 is 0 Å². The number of benzene rings is 2. The Morgan fingerprint density at radius 1 is 0.941 bits per heavy atom. The first kappa shape index (κ1) is 22.7. The fourth-order valence-corrected chi connectivity index (χ4v) is 3.40. The summed E-state index contributed by atoms with van der Waals surface area (Å²) in [5.74, 6) is 0.680. The molecule has 0 amide bonds. The summed E-state index contributed by atoms with van der Waals surface area (Å²) in [6.07, 6.45) is 11.3. The molecule has 34 heavy (non-hydrogen) atoms. The van der Waals surface area contributed by atoms with E-state index in [1.165, 1.54) is 12.2 Å². The van der Waals surface area contributed by atoms with Gasteiger partial charge in [0, 0.05) is 35.7 Å². The van der Waals surface area contributed by atoms with E-state index in [9.17, 15) is 9.59 Å². The van der Waals surface area contributed by atoms with Crippen molar-refractivity contribution in [2.24, 2.45) is 0 Å². The molecule has 4 aromatic rings. The molecule has 1 N–H and O–H groups in total. The second-order valence-electron chi connectivity index (χ2n) is 7.65. The van der Waals surface area contributed by atoms with Gasteiger partial charge in [0.1, 0.15) is 18.1 Å². The molecule has 0 saturated carbocycles. The number of allylic oxidation sites excluding steroid dienone is 2. The van der Waals surface area contributed by atoms with E-state index in [-0.39, 0.29) is 18.0 Å². The summed E-state index contributed by atoms with van der Waals surface area (Å²) in [5.41, 5.74) is 3.61. The van der Waals surface area contributed by atoms with Gasteiger partial charge in [-0.05, 0) is 71.1 Å². The zero-order valence-electron chi connectivity index (χ0n) is 18.7. The van der Waals surface area contributed by atoms with E-state index in [1.807, 2.05) is 54.7 Å². The summed E-state index contributed by atoms with van der Waals surface area (Å²) in [6, 6.07) is 17.0. The van der Waals surface area contributed by atoms with E-state index in [4.69, 9.17) is 9.47 Å². The minimum Gasteiger partial charge on any atom is -0.496 e. The fourth-order valence-electron chi connectivity index (χ4n) is 3.40. The summed E-state index contributed by atoms with van der Waals surface area (Å²) < 4.78 is 11.2. The predicted octanol–water partition coefficient (Wildman–Crippen LogP) is 5.41. The minimum atomic E-state index is -0.283. The molecule has 2 aromatic carbocycles. The van der Waals surface area contributed by atoms with E-state index in [0.29, 0.717) is 23.7 Å². The van der Waals surface area contributed by atoms with Gasteiger partial charge in [-0.2, -0.15) is 0 Å². The largest absolute Gasteiger partial charge is 0.496 e. The van der Waals surface area contributed by atoms with Crippen LogP contribution in [0.2, 0.25) is 0 Å². The van der Waals surface area contributed by atoms with Crippen molar-refractivity contribution in [1.29, 1.82) is 0 Å². The van der Waals surface area contributed by atoms with Gasteiger partial charge in [0.25, 0.3) is 0 Å². The van der Waals surface area contributed by atoms with Crippen LogP contribution in [0.25, 0.3) is 23.1 Å². The lowest BCUT2D eigenvalue weighted by Crippen LogP contribution is -2.02. The Bertz CT molecular complexity index is 1350. The number of nitrogens with zero attached hydrogens (tertiary/aromatic N) is 1. The number of ether oxygens (including phenoxy) is 2. The van der Waals surface area contributed by atoms with Crippen LogP contribution in [0.4, 0.5) is 0 Å². The van der Waals surface area contributed by atoms with Gasteiger partial charge in [0.2, 0.25) is 0 Å². The second kappa shape index (κ2) is 10.9. The van der Waals surface area contributed by atoms with Crippen molar-refractivity contribution in [3.8, 4) is 11.5 Å². The van der Waals surface area contributed by atoms with Crippen molar-refractivity contribution < 1.29 is 19.1 Å². The maximum absolute atomic E-state index is 12.3. The molecular weight excluding hydrogens is 428 g/mol. The normalized spacial score (nSPS) is 11.3. The van der Waals surface area contributed by atoms with Gasteiger partial charge in [0.05, 0.1) is 13.5 Å². The highest BCUT2D eigenvalue weighted by Gasteiger charge is 2.07. The number of aromatic nitrogens is 2. The highest BCUT2D eigenvalue weighted by atomic mass is 16.5. The first-order chi connectivity index (χ1) is 16.6. The lowest BCUT2D eigenvalue weighted by Gasteiger charge is -2.10. The van der Waals surface area contributed by atoms with Crippen LogP contribution in [0.3, 0.4) is 0 Å². The summed E-state index contributed by atoms with van der Waals surface area (Å²) in [5, 5.41) is 1.10. The van der Waals surface area contributed by atoms with Crippen LogP contribution in [0.1, 0.15) is 23.1 Å². The third-order valence-corrected chi connectivity index (χ3v) is 5.20. The number of carbonyl (C=O) groups excluding carboxylic acids is 2. The van der Waals surface area contributed by atoms with Crippen LogP contribution in [-0.4, -0.2) is 28.6 Å². The molecule has 0 aliphatic heterocycles. The van der Waals surface area contributed by atoms with Crippen molar-refractivity contribution in [3.05, 3.63) is 102 Å². The van der Waals surface area contributed by atoms with Crippen molar-refractivity contribution in [2.45, 2.75) is 13.0 Å². The predicted molar refractivity (Wildman–Crippen MR) is 133 cm³/mol. The molecule has 0 fully saturated rings. The molecule has 0 radical (unpaired) electrons. The molecule has 0 atom stereocenters. The molecule has 170 valence electrons. The molecular formula is C28H24N2O4. The molecule has 0 aliphatic carbocycles. The van der Waals surface area contributed by atoms with Crippen LogP contribution < -0.4 is 9.47 Å². The van der Waals surface area contributed by atoms with Gasteiger partial charge in [-0.1, -0.05) is 18.2 Å². The molecule has 2 aromatic heterocycles. The lowest BCUT2D eigenvalue weighted by molar-refractivity contribution is -0.121. The second-order valence-corrected chi connectivity index (χ2v) is 7.65. The monoisotopic (exact) mass is 452 g/mol. The Morgan fingerprint density at radius 2 is 1.74 bits per heavy atom. The van der Waals surface area contributed by atoms with Gasteiger partial charge in [-0.15, -0.1) is 0 Å². The van der Waals surface area contributed by atoms with Crippen LogP contribution in [0.5, 0.6) is 11.5 Å². The number of aromatic amines is 1. The summed E-state index contributed by atoms with van der Waals surface area (Å²) in [7, 11) is 1.56. The SMILES string of the molecule is COc1cc(OCc2ccncc2)ccc1C=CC(=O)CC(=O)C=Cc1ccc2cc[nH]c2c1. The quantitative estimate of drug-likeness (QED) is 0.257. The smallest absolute Gasteiger partial charge is 0.163 e. The zero-order valence-corrected chi connectivity index (χ0v) is 18.7. The van der Waals surface area contributed by atoms with Crippen molar-refractivity contribution >= 4 is 34.6 Å². The van der Waals surface area contributed by atoms with E-state index in [0.717, 1.165) is 22.0 Å². The van der Waals surface area contributed by atoms with Crippen molar-refractivity contribution in [1.82, 2.24) is 9.97 Å². The van der Waals surface area contributed by atoms with E-state index >= 15 is 0 Å². The van der Waals surface area contributed by atoms with Gasteiger partial charge < -0.3 is 14.5 Å². The molecule has 0 bridgehead atoms. The average molecular weight is 453 g/mol. The Morgan fingerprint density at radius 3 is 2.53 bits per heavy atom. The third kappa shape index (κ3) is 6.07. The Labute approximate surface area is 197 Å². The molecule has 6 heteroatoms. The number of pyridine rings is 1. The van der Waals surface area contributed by atoms with E-state index < -0.39 is 0 Å². The summed E-state index contributed by atoms with van der Waals surface area (Å²) >= 11 is 0. The average Bonchev–Trinajstić information content (AvgIpc) is 3.34. The molecule has 6 nitrogen and oxygen atoms in total. The standard InChI is InChI=1S/C28H24N2O4/c1-33-28-18-26(34-19-21-10-13-29-14-11-21)9-6-23(28)5-8-25(32)17-24(31)7-3-20-2-4-22-12-15-30-27(22)16-20/h2-16,18,30H,17,19H2,1H3. The van der Waals surface area contributed by atoms with Crippen LogP contribution in [0, 0.1) is 0 Å². The molecule has 0 spiro atoms. The number of rotatable bonds is 10. The fraction of sp³-hybridized carbons (Fsp3) is 0.107. The molecule has 4 rings (SSSR count). The van der Waals surface area contributed by atoms with Crippen LogP contribution >= 0.6 is 0 Å². The van der Waals surface area contributed by atoms with Crippen molar-refractivity contribution in [2.75, 3.05) is 7.11 Å². The molecule has 2 heterocycles. The third-order valence-electron chi connectivity index (χ3n) is 5.20. The Balaban J connectivity index is 1.33. The number of methoxy groups -OCH3 is 1. The maximum atomic E-state index is 12.3. The number of H-pyrrole nitrogens is 1. The van der Waals surface area contributed by atoms with E-state index in [2.05, 4.69) is 9.97 Å². The Kier molecular flexibility index (Phi) is 7.30. The van der Waals surface area contributed by atoms with Crippen LogP contribution in [0.15, 0.2) is 85.3 Å². The number of fused-ring (bicyclic) bond motifs is 1. The summed E-state index contributed by atoms with van der Waals surface area (Å²) in [4.78, 5) is 31.6. The van der Waals surface area contributed by atoms with E-state index in [1.54, 1.807) is 37.7 Å². The maximum Gasteiger partial charge on any atom is 0.163 e. The first-order valence-corrected chi connectivity index (χ1v) is 10.8. The zero-order chi connectivity index (χ0) is 23.8. The summed E-state index contributed by atoms with van der Waals surface area (Å²) in [6.45, 7) is 0.411. The lowest BCUT2D eigenvalue weighted by atomic mass is 10.1. The highest BCUT2D eigenvalue weighted by Crippen LogP contribution is 2.26. The number of hydrogen-bond donors (Lipinski definition) is 1. The number of carbonyl (C=O) groups is 2. The van der Waals surface area contributed by atoms with Gasteiger partial charge in [-0.3, -0.25) is 14.6 Å². The minimum absolute atomic E-state index is 0.201. The topological polar surface area (TPSA) is 81.3 Å². The molecule has 0 saturated heterocycles. The number of ketones is 2.